The molecule has 1 N–H and O–H groups in total. The van der Waals surface area contributed by atoms with E-state index in [1.807, 2.05) is 0 Å². The first-order chi connectivity index (χ1) is 4.90. The zero-order chi connectivity index (χ0) is 9.07. The van der Waals surface area contributed by atoms with Crippen molar-refractivity contribution in [2.24, 2.45) is 0 Å². The molecule has 1 atom stereocenters. The molecule has 0 aliphatic carbocycles. The molecule has 0 fully saturated rings. The zero-order valence-electron chi connectivity index (χ0n) is 6.49. The van der Waals surface area contributed by atoms with Crippen molar-refractivity contribution < 1.29 is 13.5 Å². The Hall–Kier alpha value is 0.350. The highest BCUT2D eigenvalue weighted by Gasteiger charge is 2.16. The van der Waals surface area contributed by atoms with Gasteiger partial charge < -0.3 is 5.11 Å². The highest BCUT2D eigenvalue weighted by molar-refractivity contribution is 9.10. The summed E-state index contributed by atoms with van der Waals surface area (Å²) in [6.07, 6.45) is -0.631. The van der Waals surface area contributed by atoms with Crippen molar-refractivity contribution in [1.29, 1.82) is 0 Å². The lowest BCUT2D eigenvalue weighted by Crippen LogP contribution is -2.33. The van der Waals surface area contributed by atoms with Gasteiger partial charge in [0, 0.05) is 13.6 Å². The Morgan fingerprint density at radius 2 is 2.09 bits per heavy atom. The van der Waals surface area contributed by atoms with Gasteiger partial charge in [-0.25, -0.2) is 12.7 Å². The quantitative estimate of drug-likeness (QED) is 0.709. The number of alkyl halides is 1. The maximum absolute atomic E-state index is 11.0. The molecule has 0 rings (SSSR count). The molecule has 11 heavy (non-hydrogen) atoms. The van der Waals surface area contributed by atoms with Gasteiger partial charge in [0.25, 0.3) is 0 Å². The largest absolute Gasteiger partial charge is 0.392 e. The Bertz CT molecular complexity index is 202. The normalized spacial score (nSPS) is 15.4. The SMILES string of the molecule is C[C@@H](O)CN(C)S(=O)(=O)CBr. The maximum atomic E-state index is 11.0. The van der Waals surface area contributed by atoms with Crippen molar-refractivity contribution in [3.05, 3.63) is 0 Å². The third-order valence-electron chi connectivity index (χ3n) is 1.13. The van der Waals surface area contributed by atoms with Crippen LogP contribution in [0.5, 0.6) is 0 Å². The lowest BCUT2D eigenvalue weighted by molar-refractivity contribution is 0.171. The van der Waals surface area contributed by atoms with Crippen molar-refractivity contribution in [1.82, 2.24) is 4.31 Å². The first-order valence-corrected chi connectivity index (χ1v) is 5.81. The number of sulfonamides is 1. The summed E-state index contributed by atoms with van der Waals surface area (Å²) in [4.78, 5) is 0. The molecule has 4 nitrogen and oxygen atoms in total. The summed E-state index contributed by atoms with van der Waals surface area (Å²) in [6.45, 7) is 1.67. The van der Waals surface area contributed by atoms with Crippen LogP contribution in [0.25, 0.3) is 0 Å². The molecule has 0 aromatic heterocycles. The van der Waals surface area contributed by atoms with Crippen LogP contribution in [0.1, 0.15) is 6.92 Å². The van der Waals surface area contributed by atoms with Crippen molar-refractivity contribution >= 4 is 26.0 Å². The van der Waals surface area contributed by atoms with E-state index in [2.05, 4.69) is 15.9 Å². The average molecular weight is 246 g/mol. The first-order valence-electron chi connectivity index (χ1n) is 3.08. The Labute approximate surface area is 75.4 Å². The summed E-state index contributed by atoms with van der Waals surface area (Å²) in [6, 6.07) is 0. The molecule has 0 radical (unpaired) electrons. The monoisotopic (exact) mass is 245 g/mol. The van der Waals surface area contributed by atoms with E-state index in [0.717, 1.165) is 4.31 Å². The third-order valence-corrected chi connectivity index (χ3v) is 4.24. The minimum atomic E-state index is -3.20. The summed E-state index contributed by atoms with van der Waals surface area (Å²) >= 11 is 2.85. The second-order valence-electron chi connectivity index (χ2n) is 2.35. The van der Waals surface area contributed by atoms with Crippen LogP contribution in [0.2, 0.25) is 0 Å². The predicted molar refractivity (Wildman–Crippen MR) is 47.0 cm³/mol. The number of rotatable bonds is 4. The molecule has 0 aromatic rings. The fourth-order valence-electron chi connectivity index (χ4n) is 0.569. The summed E-state index contributed by atoms with van der Waals surface area (Å²) in [5.74, 6) is 0. The van der Waals surface area contributed by atoms with Gasteiger partial charge in [0.05, 0.1) is 6.10 Å². The van der Waals surface area contributed by atoms with E-state index in [1.165, 1.54) is 7.05 Å². The minimum absolute atomic E-state index is 0.108. The number of hydrogen-bond donors (Lipinski definition) is 1. The van der Waals surface area contributed by atoms with Gasteiger partial charge in [0.1, 0.15) is 4.66 Å². The van der Waals surface area contributed by atoms with Gasteiger partial charge in [0.15, 0.2) is 0 Å². The standard InChI is InChI=1S/C5H12BrNO3S/c1-5(8)3-7(2)11(9,10)4-6/h5,8H,3-4H2,1-2H3/t5-/m1/s1. The molecule has 0 amide bonds. The topological polar surface area (TPSA) is 57.6 Å². The van der Waals surface area contributed by atoms with Gasteiger partial charge in [-0.2, -0.15) is 0 Å². The fraction of sp³-hybridized carbons (Fsp3) is 1.00. The maximum Gasteiger partial charge on any atom is 0.223 e. The molecular weight excluding hydrogens is 234 g/mol. The number of aliphatic hydroxyl groups excluding tert-OH is 1. The van der Waals surface area contributed by atoms with Gasteiger partial charge in [-0.15, -0.1) is 0 Å². The Morgan fingerprint density at radius 3 is 2.36 bits per heavy atom. The van der Waals surface area contributed by atoms with Gasteiger partial charge in [0.2, 0.25) is 10.0 Å². The number of halogens is 1. The predicted octanol–water partition coefficient (Wildman–Crippen LogP) is -0.0188. The fourth-order valence-corrected chi connectivity index (χ4v) is 2.23. The van der Waals surface area contributed by atoms with Crippen LogP contribution < -0.4 is 0 Å². The molecule has 0 heterocycles. The highest BCUT2D eigenvalue weighted by atomic mass is 79.9. The lowest BCUT2D eigenvalue weighted by Gasteiger charge is -2.16. The molecule has 0 aromatic carbocycles. The molecule has 0 aliphatic heterocycles. The van der Waals surface area contributed by atoms with E-state index in [1.54, 1.807) is 6.92 Å². The van der Waals surface area contributed by atoms with Gasteiger partial charge in [-0.1, -0.05) is 15.9 Å². The molecule has 0 spiro atoms. The van der Waals surface area contributed by atoms with Crippen LogP contribution in [0.15, 0.2) is 0 Å². The van der Waals surface area contributed by atoms with E-state index in [9.17, 15) is 8.42 Å². The van der Waals surface area contributed by atoms with Crippen LogP contribution in [-0.4, -0.2) is 42.2 Å². The average Bonchev–Trinajstić information content (AvgIpc) is 1.86. The Kier molecular flexibility index (Phi) is 4.53. The molecule has 6 heteroatoms. The number of hydrogen-bond acceptors (Lipinski definition) is 3. The summed E-state index contributed by atoms with van der Waals surface area (Å²) in [7, 11) is -1.77. The molecule has 0 bridgehead atoms. The van der Waals surface area contributed by atoms with Crippen molar-refractivity contribution in [3.8, 4) is 0 Å². The van der Waals surface area contributed by atoms with Gasteiger partial charge in [-0.05, 0) is 6.92 Å². The van der Waals surface area contributed by atoms with Crippen LogP contribution >= 0.6 is 15.9 Å². The summed E-state index contributed by atoms with van der Waals surface area (Å²) in [5, 5.41) is 8.86. The summed E-state index contributed by atoms with van der Waals surface area (Å²) < 4.78 is 23.0. The van der Waals surface area contributed by atoms with Crippen LogP contribution in [0.3, 0.4) is 0 Å². The van der Waals surface area contributed by atoms with Gasteiger partial charge >= 0.3 is 0 Å². The van der Waals surface area contributed by atoms with E-state index in [-0.39, 0.29) is 11.2 Å². The number of nitrogens with zero attached hydrogens (tertiary/aromatic N) is 1. The second kappa shape index (κ2) is 4.39. The van der Waals surface area contributed by atoms with E-state index < -0.39 is 16.1 Å². The molecule has 0 unspecified atom stereocenters. The Morgan fingerprint density at radius 1 is 1.64 bits per heavy atom. The zero-order valence-corrected chi connectivity index (χ0v) is 8.89. The molecular formula is C5H12BrNO3S. The summed E-state index contributed by atoms with van der Waals surface area (Å²) in [5.41, 5.74) is 0. The lowest BCUT2D eigenvalue weighted by atomic mass is 10.4. The van der Waals surface area contributed by atoms with Crippen molar-refractivity contribution in [3.63, 3.8) is 0 Å². The Balaban J connectivity index is 4.14. The smallest absolute Gasteiger partial charge is 0.223 e. The minimum Gasteiger partial charge on any atom is -0.392 e. The van der Waals surface area contributed by atoms with Gasteiger partial charge in [-0.3, -0.25) is 0 Å². The van der Waals surface area contributed by atoms with Crippen LogP contribution in [0, 0.1) is 0 Å². The molecule has 68 valence electrons. The molecule has 0 aliphatic rings. The first kappa shape index (κ1) is 11.4. The second-order valence-corrected chi connectivity index (χ2v) is 5.73. The van der Waals surface area contributed by atoms with E-state index in [4.69, 9.17) is 5.11 Å². The molecule has 0 saturated heterocycles. The number of likely N-dealkylation sites (N-methyl/N-ethyl adjacent to an activating group) is 1. The van der Waals surface area contributed by atoms with E-state index in [0.29, 0.717) is 0 Å². The number of aliphatic hydroxyl groups is 1. The van der Waals surface area contributed by atoms with Crippen molar-refractivity contribution in [2.75, 3.05) is 18.3 Å². The molecule has 0 saturated carbocycles. The third kappa shape index (κ3) is 4.05. The van der Waals surface area contributed by atoms with E-state index >= 15 is 0 Å². The van der Waals surface area contributed by atoms with Crippen LogP contribution in [0.4, 0.5) is 0 Å². The van der Waals surface area contributed by atoms with Crippen molar-refractivity contribution in [2.45, 2.75) is 13.0 Å². The van der Waals surface area contributed by atoms with Crippen LogP contribution in [-0.2, 0) is 10.0 Å². The highest BCUT2D eigenvalue weighted by Crippen LogP contribution is 2.02.